The Morgan fingerprint density at radius 3 is 2.10 bits per heavy atom. The van der Waals surface area contributed by atoms with E-state index in [1.165, 1.54) is 11.1 Å². The van der Waals surface area contributed by atoms with Gasteiger partial charge in [0.05, 0.1) is 5.69 Å². The summed E-state index contributed by atoms with van der Waals surface area (Å²) < 4.78 is 8.65. The third kappa shape index (κ3) is 6.05. The summed E-state index contributed by atoms with van der Waals surface area (Å²) in [7, 11) is 0. The van der Waals surface area contributed by atoms with Crippen LogP contribution in [0, 0.1) is 18.8 Å². The van der Waals surface area contributed by atoms with Crippen molar-refractivity contribution in [3.8, 4) is 17.3 Å². The average Bonchev–Trinajstić information content (AvgIpc) is 3.64. The largest absolute Gasteiger partial charge is 0.509 e. The number of pyridine rings is 3. The number of hydrogen-bond donors (Lipinski definition) is 0. The van der Waals surface area contributed by atoms with Crippen LogP contribution in [-0.4, -0.2) is 19.5 Å². The van der Waals surface area contributed by atoms with E-state index in [1.54, 1.807) is 6.20 Å². The quantitative estimate of drug-likeness (QED) is 0.161. The van der Waals surface area contributed by atoms with Crippen LogP contribution in [0.4, 0.5) is 22.9 Å². The van der Waals surface area contributed by atoms with Crippen molar-refractivity contribution in [1.29, 1.82) is 0 Å². The Bertz CT molecular complexity index is 2350. The minimum absolute atomic E-state index is 0. The van der Waals surface area contributed by atoms with Crippen LogP contribution >= 0.6 is 0 Å². The molecule has 7 aromatic rings. The molecule has 254 valence electrons. The summed E-state index contributed by atoms with van der Waals surface area (Å²) in [6, 6.07) is 35.9. The van der Waals surface area contributed by atoms with Crippen molar-refractivity contribution in [2.24, 2.45) is 0 Å². The van der Waals surface area contributed by atoms with Gasteiger partial charge in [0.25, 0.3) is 0 Å². The molecule has 8 rings (SSSR count). The van der Waals surface area contributed by atoms with Gasteiger partial charge in [0.2, 0.25) is 0 Å². The van der Waals surface area contributed by atoms with E-state index in [9.17, 15) is 0 Å². The molecular formula is C42H37N6OPt-3. The first-order valence-electron chi connectivity index (χ1n) is 16.5. The Labute approximate surface area is 307 Å². The van der Waals surface area contributed by atoms with Gasteiger partial charge in [0.1, 0.15) is 11.6 Å². The van der Waals surface area contributed by atoms with Crippen LogP contribution in [0.5, 0.6) is 11.5 Å². The van der Waals surface area contributed by atoms with Gasteiger partial charge in [0, 0.05) is 68.6 Å². The topological polar surface area (TPSA) is 59.3 Å². The van der Waals surface area contributed by atoms with Crippen molar-refractivity contribution in [3.05, 3.63) is 140 Å². The van der Waals surface area contributed by atoms with Gasteiger partial charge < -0.3 is 19.1 Å². The van der Waals surface area contributed by atoms with E-state index in [-0.39, 0.29) is 31.9 Å². The van der Waals surface area contributed by atoms with Crippen molar-refractivity contribution in [1.82, 2.24) is 19.5 Å². The molecule has 0 spiro atoms. The first-order valence-corrected chi connectivity index (χ1v) is 16.5. The van der Waals surface area contributed by atoms with E-state index < -0.39 is 0 Å². The first-order chi connectivity index (χ1) is 23.5. The van der Waals surface area contributed by atoms with Crippen molar-refractivity contribution in [3.63, 3.8) is 0 Å². The maximum atomic E-state index is 6.48. The third-order valence-electron chi connectivity index (χ3n) is 9.02. The fourth-order valence-corrected chi connectivity index (χ4v) is 6.33. The van der Waals surface area contributed by atoms with Crippen LogP contribution in [0.1, 0.15) is 52.7 Å². The second-order valence-corrected chi connectivity index (χ2v) is 14.5. The number of para-hydroxylation sites is 1. The average molecular weight is 837 g/mol. The van der Waals surface area contributed by atoms with Gasteiger partial charge in [-0.05, 0) is 63.7 Å². The summed E-state index contributed by atoms with van der Waals surface area (Å²) in [5, 5.41) is 2.23. The predicted molar refractivity (Wildman–Crippen MR) is 197 cm³/mol. The monoisotopic (exact) mass is 836 g/mol. The molecule has 7 nitrogen and oxygen atoms in total. The summed E-state index contributed by atoms with van der Waals surface area (Å²) in [6.07, 6.45) is 7.43. The van der Waals surface area contributed by atoms with Gasteiger partial charge in [-0.25, -0.2) is 9.97 Å². The Balaban J connectivity index is 0.00000392. The fraction of sp³-hybridized carbons (Fsp3) is 0.190. The molecule has 1 aliphatic rings. The number of benzene rings is 3. The molecule has 0 N–H and O–H groups in total. The van der Waals surface area contributed by atoms with Gasteiger partial charge >= 0.3 is 0 Å². The molecule has 4 aromatic heterocycles. The SMILES string of the molecule is CC(C)(C)c1ccnc(N2[CH-]N(c3[c-]c(Oc4[c-]c5c(cc4)c4ccccc4n5-c4cc(C(C)(C)C)ccn4)ccc3)c3cnccc32)c1.[Pt]. The number of aromatic nitrogens is 4. The fourth-order valence-electron chi connectivity index (χ4n) is 6.33. The molecule has 0 radical (unpaired) electrons. The summed E-state index contributed by atoms with van der Waals surface area (Å²) in [4.78, 5) is 18.1. The molecule has 50 heavy (non-hydrogen) atoms. The Morgan fingerprint density at radius 2 is 1.34 bits per heavy atom. The number of nitrogens with zero attached hydrogens (tertiary/aromatic N) is 6. The third-order valence-corrected chi connectivity index (χ3v) is 9.02. The molecular weight excluding hydrogens is 800 g/mol. The zero-order chi connectivity index (χ0) is 33.9. The second kappa shape index (κ2) is 12.7. The van der Waals surface area contributed by atoms with Crippen molar-refractivity contribution < 1.29 is 25.8 Å². The zero-order valence-electron chi connectivity index (χ0n) is 28.9. The minimum Gasteiger partial charge on any atom is -0.509 e. The first kappa shape index (κ1) is 33.5. The number of rotatable bonds is 5. The molecule has 0 saturated carbocycles. The van der Waals surface area contributed by atoms with Crippen LogP contribution in [0.3, 0.4) is 0 Å². The molecule has 5 heterocycles. The smallest absolute Gasteiger partial charge is 0.135 e. The maximum Gasteiger partial charge on any atom is 0.135 e. The van der Waals surface area contributed by atoms with E-state index in [1.807, 2.05) is 55.6 Å². The number of anilines is 4. The van der Waals surface area contributed by atoms with Gasteiger partial charge in [-0.15, -0.1) is 48.1 Å². The van der Waals surface area contributed by atoms with E-state index >= 15 is 0 Å². The van der Waals surface area contributed by atoms with Crippen LogP contribution in [0.2, 0.25) is 0 Å². The maximum absolute atomic E-state index is 6.48. The molecule has 3 aromatic carbocycles. The van der Waals surface area contributed by atoms with E-state index in [4.69, 9.17) is 14.7 Å². The minimum atomic E-state index is -0.0113. The number of ether oxygens (including phenoxy) is 1. The molecule has 0 bridgehead atoms. The number of hydrogen-bond acceptors (Lipinski definition) is 6. The molecule has 0 amide bonds. The van der Waals surface area contributed by atoms with Crippen LogP contribution < -0.4 is 14.5 Å². The molecule has 1 aliphatic heterocycles. The Morgan fingerprint density at radius 1 is 0.640 bits per heavy atom. The van der Waals surface area contributed by atoms with E-state index in [2.05, 4.69) is 128 Å². The van der Waals surface area contributed by atoms with Gasteiger partial charge in [-0.3, -0.25) is 4.98 Å². The van der Waals surface area contributed by atoms with Crippen molar-refractivity contribution in [2.75, 3.05) is 9.80 Å². The van der Waals surface area contributed by atoms with Gasteiger partial charge in [-0.2, -0.15) is 12.1 Å². The zero-order valence-corrected chi connectivity index (χ0v) is 31.1. The van der Waals surface area contributed by atoms with E-state index in [0.29, 0.717) is 11.5 Å². The molecule has 0 aliphatic carbocycles. The van der Waals surface area contributed by atoms with Crippen molar-refractivity contribution in [2.45, 2.75) is 52.4 Å². The normalized spacial score (nSPS) is 13.1. The van der Waals surface area contributed by atoms with Crippen molar-refractivity contribution >= 4 is 44.7 Å². The molecule has 0 saturated heterocycles. The summed E-state index contributed by atoms with van der Waals surface area (Å²) >= 11 is 0. The summed E-state index contributed by atoms with van der Waals surface area (Å²) in [6.45, 7) is 15.3. The van der Waals surface area contributed by atoms with E-state index in [0.717, 1.165) is 50.5 Å². The number of fused-ring (bicyclic) bond motifs is 4. The molecule has 0 fully saturated rings. The van der Waals surface area contributed by atoms with Crippen LogP contribution in [0.15, 0.2) is 110 Å². The van der Waals surface area contributed by atoms with Crippen LogP contribution in [0.25, 0.3) is 27.6 Å². The summed E-state index contributed by atoms with van der Waals surface area (Å²) in [5.41, 5.74) is 7.14. The molecule has 0 unspecified atom stereocenters. The van der Waals surface area contributed by atoms with Gasteiger partial charge in [-0.1, -0.05) is 65.3 Å². The molecule has 0 atom stereocenters. The Kier molecular flexibility index (Phi) is 8.51. The summed E-state index contributed by atoms with van der Waals surface area (Å²) in [5.74, 6) is 2.86. The standard InChI is InChI=1S/C42H37N6O.Pt/c1-41(2,3)28-16-20-44-39(22-28)47-27-46(38-26-43-19-18-36(38)47)30-10-9-11-31(24-30)49-32-14-15-34-33-12-7-8-13-35(33)48(37(34)25-32)40-23-29(17-21-45-40)42(4,5)6;/h7-23,26-27H,1-6H3;/q-3;. The van der Waals surface area contributed by atoms with Gasteiger partial charge in [0.15, 0.2) is 0 Å². The Hall–Kier alpha value is -5.00. The predicted octanol–water partition coefficient (Wildman–Crippen LogP) is 10.4. The second-order valence-electron chi connectivity index (χ2n) is 14.5. The van der Waals surface area contributed by atoms with Crippen LogP contribution in [-0.2, 0) is 31.9 Å². The molecule has 8 heteroatoms.